The minimum absolute atomic E-state index is 0.106. The third-order valence-corrected chi connectivity index (χ3v) is 5.93. The van der Waals surface area contributed by atoms with Crippen molar-refractivity contribution in [3.05, 3.63) is 17.5 Å². The molecule has 0 radical (unpaired) electrons. The van der Waals surface area contributed by atoms with E-state index < -0.39 is 10.0 Å². The molecule has 25 heavy (non-hydrogen) atoms. The van der Waals surface area contributed by atoms with E-state index in [0.29, 0.717) is 37.9 Å². The van der Waals surface area contributed by atoms with Crippen LogP contribution < -0.4 is 4.72 Å². The summed E-state index contributed by atoms with van der Waals surface area (Å²) >= 11 is 0. The average Bonchev–Trinajstić information content (AvgIpc) is 3.27. The Hall–Kier alpha value is -1.45. The quantitative estimate of drug-likeness (QED) is 0.821. The van der Waals surface area contributed by atoms with Crippen LogP contribution in [-0.4, -0.2) is 62.5 Å². The molecule has 1 aromatic rings. The largest absolute Gasteiger partial charge is 0.371 e. The number of ether oxygens (including phenoxy) is 1. The molecule has 1 aromatic heterocycles. The van der Waals surface area contributed by atoms with E-state index in [0.717, 1.165) is 37.7 Å². The van der Waals surface area contributed by atoms with Crippen molar-refractivity contribution < 1.29 is 22.5 Å². The Morgan fingerprint density at radius 1 is 1.40 bits per heavy atom. The van der Waals surface area contributed by atoms with Gasteiger partial charge in [0.05, 0.1) is 26.0 Å². The number of carbonyl (C=O) groups is 1. The van der Waals surface area contributed by atoms with Crippen LogP contribution in [0.2, 0.25) is 0 Å². The molecule has 3 heterocycles. The molecule has 0 aromatic carbocycles. The van der Waals surface area contributed by atoms with Crippen LogP contribution in [0.25, 0.3) is 0 Å². The molecule has 9 heteroatoms. The third-order valence-electron chi connectivity index (χ3n) is 5.24. The third kappa shape index (κ3) is 3.73. The van der Waals surface area contributed by atoms with Crippen LogP contribution in [-0.2, 0) is 14.8 Å². The van der Waals surface area contributed by atoms with E-state index in [-0.39, 0.29) is 17.4 Å². The Morgan fingerprint density at radius 3 is 2.76 bits per heavy atom. The Morgan fingerprint density at radius 2 is 2.16 bits per heavy atom. The lowest BCUT2D eigenvalue weighted by Crippen LogP contribution is -2.66. The maximum absolute atomic E-state index is 12.5. The number of carbonyl (C=O) groups excluding carboxylic acids is 1. The lowest BCUT2D eigenvalue weighted by atomic mass is 9.83. The van der Waals surface area contributed by atoms with Gasteiger partial charge in [-0.3, -0.25) is 4.79 Å². The molecule has 4 rings (SSSR count). The van der Waals surface area contributed by atoms with Gasteiger partial charge in [-0.15, -0.1) is 0 Å². The van der Waals surface area contributed by atoms with Gasteiger partial charge in [0.25, 0.3) is 5.91 Å². The van der Waals surface area contributed by atoms with Gasteiger partial charge in [-0.2, -0.15) is 0 Å². The summed E-state index contributed by atoms with van der Waals surface area (Å²) in [5.41, 5.74) is 0.100. The minimum atomic E-state index is -3.17. The first-order valence-corrected chi connectivity index (χ1v) is 10.6. The monoisotopic (exact) mass is 369 g/mol. The van der Waals surface area contributed by atoms with E-state index in [2.05, 4.69) is 9.88 Å². The molecule has 1 spiro atoms. The molecule has 1 amide bonds. The zero-order valence-electron chi connectivity index (χ0n) is 14.2. The zero-order valence-corrected chi connectivity index (χ0v) is 15.0. The summed E-state index contributed by atoms with van der Waals surface area (Å²) in [6, 6.07) is 1.76. The highest BCUT2D eigenvalue weighted by atomic mass is 32.2. The molecule has 2 aliphatic heterocycles. The normalized spacial score (nSPS) is 25.8. The van der Waals surface area contributed by atoms with Gasteiger partial charge in [-0.05, 0) is 31.6 Å². The molecule has 1 aliphatic carbocycles. The fourth-order valence-corrected chi connectivity index (χ4v) is 4.04. The summed E-state index contributed by atoms with van der Waals surface area (Å²) in [6.07, 6.45) is 5.10. The van der Waals surface area contributed by atoms with Gasteiger partial charge in [0.1, 0.15) is 11.4 Å². The van der Waals surface area contributed by atoms with E-state index in [1.807, 2.05) is 0 Å². The number of likely N-dealkylation sites (tertiary alicyclic amines) is 1. The van der Waals surface area contributed by atoms with Crippen molar-refractivity contribution in [2.24, 2.45) is 5.92 Å². The molecule has 0 bridgehead atoms. The number of rotatable bonds is 5. The van der Waals surface area contributed by atoms with E-state index >= 15 is 0 Å². The summed E-state index contributed by atoms with van der Waals surface area (Å²) < 4.78 is 36.1. The van der Waals surface area contributed by atoms with Gasteiger partial charge in [-0.1, -0.05) is 5.16 Å². The van der Waals surface area contributed by atoms with Crippen LogP contribution in [0, 0.1) is 5.92 Å². The van der Waals surface area contributed by atoms with Gasteiger partial charge >= 0.3 is 0 Å². The Balaban J connectivity index is 1.26. The van der Waals surface area contributed by atoms with Crippen LogP contribution in [0.1, 0.15) is 47.8 Å². The lowest BCUT2D eigenvalue weighted by Gasteiger charge is -2.52. The lowest BCUT2D eigenvalue weighted by molar-refractivity contribution is -0.166. The standard InChI is InChI=1S/C16H23N3O5S/c1-25(21,22)17-7-11-4-5-16(23-8-11)9-19(10-16)15(20)13-6-14(24-18-13)12-2-3-12/h6,11-12,17H,2-5,7-10H2,1H3. The molecule has 8 nitrogen and oxygen atoms in total. The van der Waals surface area contributed by atoms with Gasteiger partial charge in [0.15, 0.2) is 5.69 Å². The van der Waals surface area contributed by atoms with Crippen LogP contribution in [0.5, 0.6) is 0 Å². The van der Waals surface area contributed by atoms with Crippen LogP contribution in [0.15, 0.2) is 10.6 Å². The van der Waals surface area contributed by atoms with Crippen molar-refractivity contribution >= 4 is 15.9 Å². The number of sulfonamides is 1. The van der Waals surface area contributed by atoms with Crippen LogP contribution >= 0.6 is 0 Å². The van der Waals surface area contributed by atoms with E-state index in [4.69, 9.17) is 9.26 Å². The SMILES string of the molecule is CS(=O)(=O)NCC1CCC2(CN(C(=O)c3cc(C4CC4)on3)C2)OC1. The molecule has 138 valence electrons. The molecule has 1 unspecified atom stereocenters. The highest BCUT2D eigenvalue weighted by Crippen LogP contribution is 2.41. The highest BCUT2D eigenvalue weighted by Gasteiger charge is 2.49. The minimum Gasteiger partial charge on any atom is -0.371 e. The second kappa shape index (κ2) is 6.07. The maximum Gasteiger partial charge on any atom is 0.276 e. The Bertz CT molecular complexity index is 754. The molecule has 1 N–H and O–H groups in total. The van der Waals surface area contributed by atoms with Crippen LogP contribution in [0.4, 0.5) is 0 Å². The fourth-order valence-electron chi connectivity index (χ4n) is 3.50. The smallest absolute Gasteiger partial charge is 0.276 e. The summed E-state index contributed by atoms with van der Waals surface area (Å²) in [5.74, 6) is 1.33. The zero-order chi connectivity index (χ0) is 17.7. The first-order chi connectivity index (χ1) is 11.8. The second-order valence-corrected chi connectivity index (χ2v) is 9.40. The molecule has 3 fully saturated rings. The summed E-state index contributed by atoms with van der Waals surface area (Å²) in [6.45, 7) is 2.04. The topological polar surface area (TPSA) is 102 Å². The molecule has 1 atom stereocenters. The number of nitrogens with one attached hydrogen (secondary N) is 1. The first-order valence-electron chi connectivity index (χ1n) is 8.68. The van der Waals surface area contributed by atoms with Crippen molar-refractivity contribution in [3.8, 4) is 0 Å². The predicted octanol–water partition coefficient (Wildman–Crippen LogP) is 0.722. The predicted molar refractivity (Wildman–Crippen MR) is 88.6 cm³/mol. The first kappa shape index (κ1) is 17.0. The molecule has 3 aliphatic rings. The molecule has 2 saturated heterocycles. The number of aromatic nitrogens is 1. The van der Waals surface area contributed by atoms with Crippen LogP contribution in [0.3, 0.4) is 0 Å². The Kier molecular flexibility index (Phi) is 4.12. The number of hydrogen-bond acceptors (Lipinski definition) is 6. The number of nitrogens with zero attached hydrogens (tertiary/aromatic N) is 2. The number of amides is 1. The van der Waals surface area contributed by atoms with Crippen molar-refractivity contribution in [2.75, 3.05) is 32.5 Å². The molecular formula is C16H23N3O5S. The Labute approximate surface area is 146 Å². The summed E-state index contributed by atoms with van der Waals surface area (Å²) in [5, 5.41) is 3.90. The average molecular weight is 369 g/mol. The highest BCUT2D eigenvalue weighted by molar-refractivity contribution is 7.88. The maximum atomic E-state index is 12.5. The van der Waals surface area contributed by atoms with E-state index in [1.165, 1.54) is 0 Å². The van der Waals surface area contributed by atoms with E-state index in [1.54, 1.807) is 11.0 Å². The second-order valence-electron chi connectivity index (χ2n) is 7.57. The molecule has 1 saturated carbocycles. The van der Waals surface area contributed by atoms with Gasteiger partial charge < -0.3 is 14.2 Å². The van der Waals surface area contributed by atoms with Gasteiger partial charge in [0.2, 0.25) is 10.0 Å². The van der Waals surface area contributed by atoms with Crippen molar-refractivity contribution in [3.63, 3.8) is 0 Å². The summed E-state index contributed by atoms with van der Waals surface area (Å²) in [4.78, 5) is 14.2. The fraction of sp³-hybridized carbons (Fsp3) is 0.750. The van der Waals surface area contributed by atoms with Crippen molar-refractivity contribution in [2.45, 2.75) is 37.2 Å². The van der Waals surface area contributed by atoms with Crippen molar-refractivity contribution in [1.29, 1.82) is 0 Å². The van der Waals surface area contributed by atoms with Crippen molar-refractivity contribution in [1.82, 2.24) is 14.8 Å². The van der Waals surface area contributed by atoms with E-state index in [9.17, 15) is 13.2 Å². The number of hydrogen-bond donors (Lipinski definition) is 1. The molecular weight excluding hydrogens is 346 g/mol. The van der Waals surface area contributed by atoms with Gasteiger partial charge in [-0.25, -0.2) is 13.1 Å². The van der Waals surface area contributed by atoms with Gasteiger partial charge in [0, 0.05) is 18.5 Å². The summed E-state index contributed by atoms with van der Waals surface area (Å²) in [7, 11) is -3.17.